The Labute approximate surface area is 93.2 Å². The summed E-state index contributed by atoms with van der Waals surface area (Å²) in [6.45, 7) is 3.26. The van der Waals surface area contributed by atoms with Crippen LogP contribution in [0.25, 0.3) is 0 Å². The lowest BCUT2D eigenvalue weighted by Gasteiger charge is -2.24. The smallest absolute Gasteiger partial charge is 0.0233 e. The lowest BCUT2D eigenvalue weighted by Crippen LogP contribution is -2.49. The summed E-state index contributed by atoms with van der Waals surface area (Å²) in [7, 11) is 0. The second-order valence-electron chi connectivity index (χ2n) is 3.69. The van der Waals surface area contributed by atoms with Gasteiger partial charge in [0.15, 0.2) is 0 Å². The number of hydrogen-bond acceptors (Lipinski definition) is 2. The van der Waals surface area contributed by atoms with Crippen molar-refractivity contribution in [3.05, 3.63) is 34.3 Å². The van der Waals surface area contributed by atoms with Crippen LogP contribution in [-0.2, 0) is 6.42 Å². The highest BCUT2D eigenvalue weighted by Crippen LogP contribution is 2.12. The van der Waals surface area contributed by atoms with Gasteiger partial charge in [0.2, 0.25) is 0 Å². The molecule has 76 valence electrons. The molecule has 1 fully saturated rings. The largest absolute Gasteiger partial charge is 0.314 e. The van der Waals surface area contributed by atoms with Gasteiger partial charge in [0.25, 0.3) is 0 Å². The molecule has 3 heteroatoms. The molecule has 1 aliphatic rings. The van der Waals surface area contributed by atoms with Gasteiger partial charge >= 0.3 is 0 Å². The third-order valence-corrected chi connectivity index (χ3v) is 3.05. The molecule has 1 aromatic rings. The van der Waals surface area contributed by atoms with E-state index >= 15 is 0 Å². The number of halogens is 1. The first-order valence-electron chi connectivity index (χ1n) is 5.03. The van der Waals surface area contributed by atoms with Gasteiger partial charge in [-0.05, 0) is 24.1 Å². The van der Waals surface area contributed by atoms with Crippen LogP contribution in [0, 0.1) is 0 Å². The SMILES string of the molecule is Brc1ccc(C[C@@H]2CNCCN2)cc1. The van der Waals surface area contributed by atoms with Crippen molar-refractivity contribution in [1.82, 2.24) is 10.6 Å². The van der Waals surface area contributed by atoms with Crippen LogP contribution in [0.4, 0.5) is 0 Å². The molecule has 14 heavy (non-hydrogen) atoms. The van der Waals surface area contributed by atoms with E-state index in [1.165, 1.54) is 5.56 Å². The molecule has 0 amide bonds. The van der Waals surface area contributed by atoms with Gasteiger partial charge < -0.3 is 10.6 Å². The van der Waals surface area contributed by atoms with Gasteiger partial charge in [-0.1, -0.05) is 28.1 Å². The Morgan fingerprint density at radius 2 is 2.00 bits per heavy atom. The van der Waals surface area contributed by atoms with Crippen LogP contribution in [0.2, 0.25) is 0 Å². The first kappa shape index (κ1) is 10.1. The van der Waals surface area contributed by atoms with Gasteiger partial charge in [0.1, 0.15) is 0 Å². The lowest BCUT2D eigenvalue weighted by atomic mass is 10.1. The monoisotopic (exact) mass is 254 g/mol. The summed E-state index contributed by atoms with van der Waals surface area (Å²) in [5.41, 5.74) is 1.40. The summed E-state index contributed by atoms with van der Waals surface area (Å²) in [5, 5.41) is 6.90. The van der Waals surface area contributed by atoms with Crippen molar-refractivity contribution in [2.24, 2.45) is 0 Å². The number of piperazine rings is 1. The molecular weight excluding hydrogens is 240 g/mol. The first-order chi connectivity index (χ1) is 6.84. The molecule has 0 aromatic heterocycles. The maximum atomic E-state index is 3.51. The summed E-state index contributed by atoms with van der Waals surface area (Å²) in [6, 6.07) is 9.16. The molecule has 2 rings (SSSR count). The van der Waals surface area contributed by atoms with Crippen molar-refractivity contribution in [3.63, 3.8) is 0 Å². The molecule has 1 aromatic carbocycles. The standard InChI is InChI=1S/C11H15BrN2/c12-10-3-1-9(2-4-10)7-11-8-13-5-6-14-11/h1-4,11,13-14H,5-8H2/t11-/m1/s1. The Kier molecular flexibility index (Phi) is 3.56. The molecule has 1 aliphatic heterocycles. The normalized spacial score (nSPS) is 22.2. The highest BCUT2D eigenvalue weighted by molar-refractivity contribution is 9.10. The second kappa shape index (κ2) is 4.91. The van der Waals surface area contributed by atoms with Crippen LogP contribution < -0.4 is 10.6 Å². The van der Waals surface area contributed by atoms with E-state index in [0.717, 1.165) is 30.5 Å². The third kappa shape index (κ3) is 2.80. The van der Waals surface area contributed by atoms with E-state index in [1.54, 1.807) is 0 Å². The van der Waals surface area contributed by atoms with Gasteiger partial charge in [0.05, 0.1) is 0 Å². The van der Waals surface area contributed by atoms with E-state index in [4.69, 9.17) is 0 Å². The van der Waals surface area contributed by atoms with Gasteiger partial charge in [-0.3, -0.25) is 0 Å². The highest BCUT2D eigenvalue weighted by atomic mass is 79.9. The molecule has 0 aliphatic carbocycles. The number of hydrogen-bond donors (Lipinski definition) is 2. The van der Waals surface area contributed by atoms with Crippen LogP contribution in [0.3, 0.4) is 0 Å². The molecule has 1 saturated heterocycles. The summed E-state index contributed by atoms with van der Waals surface area (Å²) in [5.74, 6) is 0. The van der Waals surface area contributed by atoms with E-state index in [-0.39, 0.29) is 0 Å². The number of rotatable bonds is 2. The average molecular weight is 255 g/mol. The number of benzene rings is 1. The summed E-state index contributed by atoms with van der Waals surface area (Å²) in [6.07, 6.45) is 1.11. The quantitative estimate of drug-likeness (QED) is 0.837. The third-order valence-electron chi connectivity index (χ3n) is 2.52. The Hall–Kier alpha value is -0.380. The Balaban J connectivity index is 1.92. The van der Waals surface area contributed by atoms with Crippen molar-refractivity contribution in [2.45, 2.75) is 12.5 Å². The van der Waals surface area contributed by atoms with E-state index in [1.807, 2.05) is 0 Å². The minimum absolute atomic E-state index is 0.588. The van der Waals surface area contributed by atoms with Crippen LogP contribution in [0.1, 0.15) is 5.56 Å². The Morgan fingerprint density at radius 3 is 2.64 bits per heavy atom. The molecule has 2 N–H and O–H groups in total. The van der Waals surface area contributed by atoms with Gasteiger partial charge in [-0.15, -0.1) is 0 Å². The second-order valence-corrected chi connectivity index (χ2v) is 4.60. The van der Waals surface area contributed by atoms with E-state index in [0.29, 0.717) is 6.04 Å². The van der Waals surface area contributed by atoms with Crippen LogP contribution in [0.15, 0.2) is 28.7 Å². The van der Waals surface area contributed by atoms with Gasteiger partial charge in [-0.2, -0.15) is 0 Å². The fourth-order valence-corrected chi connectivity index (χ4v) is 2.03. The van der Waals surface area contributed by atoms with Crippen LogP contribution in [0.5, 0.6) is 0 Å². The Morgan fingerprint density at radius 1 is 1.21 bits per heavy atom. The summed E-state index contributed by atoms with van der Waals surface area (Å²) >= 11 is 3.44. The minimum Gasteiger partial charge on any atom is -0.314 e. The zero-order valence-corrected chi connectivity index (χ0v) is 9.68. The molecular formula is C11H15BrN2. The first-order valence-corrected chi connectivity index (χ1v) is 5.82. The van der Waals surface area contributed by atoms with Crippen molar-refractivity contribution >= 4 is 15.9 Å². The topological polar surface area (TPSA) is 24.1 Å². The maximum absolute atomic E-state index is 3.51. The van der Waals surface area contributed by atoms with Crippen LogP contribution >= 0.6 is 15.9 Å². The average Bonchev–Trinajstić information content (AvgIpc) is 2.23. The molecule has 0 bridgehead atoms. The van der Waals surface area contributed by atoms with Crippen molar-refractivity contribution in [2.75, 3.05) is 19.6 Å². The Bertz CT molecular complexity index is 278. The fraction of sp³-hybridized carbons (Fsp3) is 0.455. The van der Waals surface area contributed by atoms with Crippen molar-refractivity contribution < 1.29 is 0 Å². The van der Waals surface area contributed by atoms with Crippen molar-refractivity contribution in [3.8, 4) is 0 Å². The zero-order valence-electron chi connectivity index (χ0n) is 8.09. The van der Waals surface area contributed by atoms with E-state index < -0.39 is 0 Å². The van der Waals surface area contributed by atoms with Crippen LogP contribution in [-0.4, -0.2) is 25.7 Å². The molecule has 0 spiro atoms. The predicted molar refractivity (Wildman–Crippen MR) is 62.5 cm³/mol. The van der Waals surface area contributed by atoms with E-state index in [9.17, 15) is 0 Å². The lowest BCUT2D eigenvalue weighted by molar-refractivity contribution is 0.416. The molecule has 0 unspecified atom stereocenters. The minimum atomic E-state index is 0.588. The zero-order chi connectivity index (χ0) is 9.80. The fourth-order valence-electron chi connectivity index (χ4n) is 1.76. The molecule has 0 radical (unpaired) electrons. The van der Waals surface area contributed by atoms with E-state index in [2.05, 4.69) is 50.8 Å². The molecule has 2 nitrogen and oxygen atoms in total. The summed E-state index contributed by atoms with van der Waals surface area (Å²) in [4.78, 5) is 0. The molecule has 1 heterocycles. The number of nitrogens with one attached hydrogen (secondary N) is 2. The molecule has 1 atom stereocenters. The van der Waals surface area contributed by atoms with Crippen molar-refractivity contribution in [1.29, 1.82) is 0 Å². The predicted octanol–water partition coefficient (Wildman–Crippen LogP) is 1.55. The van der Waals surface area contributed by atoms with Gasteiger partial charge in [-0.25, -0.2) is 0 Å². The maximum Gasteiger partial charge on any atom is 0.0233 e. The molecule has 0 saturated carbocycles. The summed E-state index contributed by atoms with van der Waals surface area (Å²) < 4.78 is 1.15. The highest BCUT2D eigenvalue weighted by Gasteiger charge is 2.11. The van der Waals surface area contributed by atoms with Gasteiger partial charge in [0, 0.05) is 30.1 Å².